The second kappa shape index (κ2) is 3.82. The van der Waals surface area contributed by atoms with Gasteiger partial charge in [-0.3, -0.25) is 5.43 Å². The lowest BCUT2D eigenvalue weighted by molar-refractivity contribution is 0.0516. The predicted octanol–water partition coefficient (Wildman–Crippen LogP) is -0.436. The summed E-state index contributed by atoms with van der Waals surface area (Å²) in [7, 11) is 0. The van der Waals surface area contributed by atoms with Gasteiger partial charge in [-0.2, -0.15) is 0 Å². The molecule has 0 aromatic rings. The van der Waals surface area contributed by atoms with Crippen molar-refractivity contribution in [2.75, 3.05) is 0 Å². The topological polar surface area (TPSA) is 50.4 Å². The highest BCUT2D eigenvalue weighted by Crippen LogP contribution is 2.05. The molecule has 0 spiro atoms. The van der Waals surface area contributed by atoms with E-state index in [-0.39, 0.29) is 0 Å². The van der Waals surface area contributed by atoms with E-state index in [0.29, 0.717) is 16.5 Å². The first-order valence-corrected chi connectivity index (χ1v) is 4.11. The van der Waals surface area contributed by atoms with Crippen LogP contribution in [0.25, 0.3) is 0 Å². The molecule has 0 atom stereocenters. The Bertz CT molecular complexity index is 121. The fraction of sp³-hybridized carbons (Fsp3) is 0.800. The van der Waals surface area contributed by atoms with Gasteiger partial charge in [0.15, 0.2) is 0 Å². The van der Waals surface area contributed by atoms with Crippen molar-refractivity contribution in [1.29, 1.82) is 0 Å². The van der Waals surface area contributed by atoms with E-state index in [4.69, 9.17) is 4.74 Å². The molecule has 0 aromatic carbocycles. The lowest BCUT2D eigenvalue weighted by atomic mass is 10.2. The summed E-state index contributed by atoms with van der Waals surface area (Å²) in [6.07, 6.45) is -0.428. The molecule has 0 bridgehead atoms. The van der Waals surface area contributed by atoms with Crippen LogP contribution in [0.15, 0.2) is 0 Å². The number of amides is 1. The number of rotatable bonds is 1. The van der Waals surface area contributed by atoms with E-state index >= 15 is 0 Å². The van der Waals surface area contributed by atoms with Gasteiger partial charge in [0.1, 0.15) is 5.60 Å². The molecule has 0 saturated heterocycles. The molecule has 0 heterocycles. The minimum Gasteiger partial charge on any atom is -0.443 e. The van der Waals surface area contributed by atoms with Crippen molar-refractivity contribution in [1.82, 2.24) is 9.84 Å². The van der Waals surface area contributed by atoms with E-state index in [1.54, 1.807) is 0 Å². The van der Waals surface area contributed by atoms with Crippen LogP contribution in [0.1, 0.15) is 20.8 Å². The van der Waals surface area contributed by atoms with Gasteiger partial charge in [-0.25, -0.2) is 4.79 Å². The van der Waals surface area contributed by atoms with Gasteiger partial charge in [0.25, 0.3) is 0 Å². The zero-order valence-corrected chi connectivity index (χ0v) is 8.82. The van der Waals surface area contributed by atoms with Crippen LogP contribution < -0.4 is 9.84 Å². The van der Waals surface area contributed by atoms with E-state index in [9.17, 15) is 4.79 Å². The summed E-state index contributed by atoms with van der Waals surface area (Å²) in [6, 6.07) is 0. The summed E-state index contributed by atoms with van der Waals surface area (Å²) >= 11 is 0.716. The molecule has 1 amide bonds. The van der Waals surface area contributed by atoms with Gasteiger partial charge in [0.2, 0.25) is 0 Å². The smallest absolute Gasteiger partial charge is 0.420 e. The van der Waals surface area contributed by atoms with Crippen LogP contribution in [0.5, 0.6) is 0 Å². The first kappa shape index (κ1) is 9.76. The van der Waals surface area contributed by atoms with Crippen LogP contribution in [0, 0.1) is 0 Å². The van der Waals surface area contributed by atoms with E-state index in [1.165, 1.54) is 0 Å². The minimum atomic E-state index is -0.428. The second-order valence-electron chi connectivity index (χ2n) is 2.88. The van der Waals surface area contributed by atoms with Crippen molar-refractivity contribution >= 4 is 22.6 Å². The molecule has 0 aliphatic heterocycles. The number of nitrogens with one attached hydrogen (secondary N) is 2. The van der Waals surface area contributed by atoms with Crippen molar-refractivity contribution in [3.05, 3.63) is 0 Å². The highest BCUT2D eigenvalue weighted by atomic mass is 27.1. The molecule has 0 aliphatic rings. The van der Waals surface area contributed by atoms with Crippen LogP contribution >= 0.6 is 0 Å². The molecule has 2 N–H and O–H groups in total. The molecule has 0 saturated carbocycles. The van der Waals surface area contributed by atoms with Crippen LogP contribution in [-0.2, 0) is 4.74 Å². The molecule has 5 heteroatoms. The monoisotopic (exact) mass is 160 g/mol. The standard InChI is InChI=1S/C5H11N2O2.Al.2H/c1-5(2,3)9-4(8)7-6;;;/h6H,1-3H3,(H,7,8);;;/q-1;+1;;. The molecule has 10 heavy (non-hydrogen) atoms. The number of hydrogen-bond acceptors (Lipinski definition) is 3. The van der Waals surface area contributed by atoms with Gasteiger partial charge >= 0.3 is 22.6 Å². The number of ether oxygens (including phenoxy) is 1. The van der Waals surface area contributed by atoms with Crippen molar-refractivity contribution < 1.29 is 9.53 Å². The Morgan fingerprint density at radius 1 is 1.50 bits per heavy atom. The Hall–Kier alpha value is -0.238. The molecule has 0 radical (unpaired) electrons. The number of carbonyl (C=O) groups excluding carboxylic acids is 1. The maximum atomic E-state index is 10.7. The second-order valence-corrected chi connectivity index (χ2v) is 3.38. The third-order valence-electron chi connectivity index (χ3n) is 0.626. The van der Waals surface area contributed by atoms with Crippen LogP contribution in [-0.4, -0.2) is 28.2 Å². The first-order chi connectivity index (χ1) is 4.45. The molecule has 0 rings (SSSR count). The molecule has 58 valence electrons. The third-order valence-corrected chi connectivity index (χ3v) is 0.876. The molecular weight excluding hydrogens is 147 g/mol. The Kier molecular flexibility index (Phi) is 3.73. The Morgan fingerprint density at radius 2 is 2.00 bits per heavy atom. The van der Waals surface area contributed by atoms with Crippen molar-refractivity contribution in [3.8, 4) is 0 Å². The van der Waals surface area contributed by atoms with Crippen molar-refractivity contribution in [2.24, 2.45) is 0 Å². The highest BCUT2D eigenvalue weighted by Gasteiger charge is 2.14. The fourth-order valence-corrected chi connectivity index (χ4v) is 0.610. The highest BCUT2D eigenvalue weighted by molar-refractivity contribution is 6.04. The Balaban J connectivity index is 3.58. The summed E-state index contributed by atoms with van der Waals surface area (Å²) in [5, 5.41) is 0. The van der Waals surface area contributed by atoms with Gasteiger partial charge in [0, 0.05) is 0 Å². The summed E-state index contributed by atoms with van der Waals surface area (Å²) in [6.45, 7) is 5.46. The molecule has 0 fully saturated rings. The average Bonchev–Trinajstić information content (AvgIpc) is 1.59. The number of carbonyl (C=O) groups is 1. The molecule has 0 unspecified atom stereocenters. The summed E-state index contributed by atoms with van der Waals surface area (Å²) in [5.74, 6) is 0. The molecular formula is C5H13AlN2O2. The first-order valence-electron chi connectivity index (χ1n) is 3.11. The van der Waals surface area contributed by atoms with Gasteiger partial charge in [-0.1, -0.05) is 0 Å². The number of hydrogen-bond donors (Lipinski definition) is 2. The van der Waals surface area contributed by atoms with Crippen LogP contribution in [0.3, 0.4) is 0 Å². The lowest BCUT2D eigenvalue weighted by Crippen LogP contribution is -2.39. The van der Waals surface area contributed by atoms with Gasteiger partial charge in [-0.15, -0.1) is 0 Å². The van der Waals surface area contributed by atoms with Crippen LogP contribution in [0.2, 0.25) is 0 Å². The van der Waals surface area contributed by atoms with E-state index in [2.05, 4.69) is 9.84 Å². The van der Waals surface area contributed by atoms with E-state index < -0.39 is 11.7 Å². The Labute approximate surface area is 68.9 Å². The summed E-state index contributed by atoms with van der Waals surface area (Å²) in [5.41, 5.74) is 1.94. The molecule has 0 aromatic heterocycles. The van der Waals surface area contributed by atoms with Gasteiger partial charge in [-0.05, 0) is 20.8 Å². The van der Waals surface area contributed by atoms with Crippen LogP contribution in [0.4, 0.5) is 4.79 Å². The average molecular weight is 160 g/mol. The SMILES string of the molecule is CC(C)(C)OC(=O)N[NH][AlH2]. The van der Waals surface area contributed by atoms with Gasteiger partial charge in [0.05, 0.1) is 0 Å². The molecule has 0 aliphatic carbocycles. The fourth-order valence-electron chi connectivity index (χ4n) is 0.406. The maximum absolute atomic E-state index is 10.7. The zero-order valence-electron chi connectivity index (χ0n) is 6.82. The lowest BCUT2D eigenvalue weighted by Gasteiger charge is -2.19. The van der Waals surface area contributed by atoms with Crippen molar-refractivity contribution in [3.63, 3.8) is 0 Å². The molecule has 4 nitrogen and oxygen atoms in total. The normalized spacial score (nSPS) is 10.7. The van der Waals surface area contributed by atoms with Gasteiger partial charge < -0.3 is 9.15 Å². The maximum Gasteiger partial charge on any atom is 0.420 e. The van der Waals surface area contributed by atoms with E-state index in [0.717, 1.165) is 0 Å². The zero-order chi connectivity index (χ0) is 8.20. The van der Waals surface area contributed by atoms with Crippen molar-refractivity contribution in [2.45, 2.75) is 26.4 Å². The Morgan fingerprint density at radius 3 is 2.30 bits per heavy atom. The quantitative estimate of drug-likeness (QED) is 0.404. The largest absolute Gasteiger partial charge is 0.443 e. The minimum absolute atomic E-state index is 0.414. The van der Waals surface area contributed by atoms with E-state index in [1.807, 2.05) is 20.8 Å². The number of hydrazine groups is 1. The predicted molar refractivity (Wildman–Crippen MR) is 41.0 cm³/mol. The summed E-state index contributed by atoms with van der Waals surface area (Å²) < 4.78 is 7.49. The third kappa shape index (κ3) is 5.89. The summed E-state index contributed by atoms with van der Waals surface area (Å²) in [4.78, 5) is 10.7.